The number of amides is 1. The lowest BCUT2D eigenvalue weighted by atomic mass is 9.87. The van der Waals surface area contributed by atoms with Crippen molar-refractivity contribution >= 4 is 17.6 Å². The van der Waals surface area contributed by atoms with Crippen LogP contribution >= 0.6 is 0 Å². The summed E-state index contributed by atoms with van der Waals surface area (Å²) in [4.78, 5) is 24.5. The van der Waals surface area contributed by atoms with E-state index in [0.29, 0.717) is 48.7 Å². The van der Waals surface area contributed by atoms with Crippen LogP contribution < -0.4 is 9.47 Å². The van der Waals surface area contributed by atoms with Gasteiger partial charge < -0.3 is 19.6 Å². The summed E-state index contributed by atoms with van der Waals surface area (Å²) >= 11 is 0. The number of carbonyl (C=O) groups is 2. The predicted molar refractivity (Wildman–Crippen MR) is 87.6 cm³/mol. The number of ether oxygens (including phenoxy) is 2. The Bertz CT molecular complexity index is 648. The fourth-order valence-electron chi connectivity index (χ4n) is 2.90. The summed E-state index contributed by atoms with van der Waals surface area (Å²) in [7, 11) is 1.53. The molecule has 7 heteroatoms. The smallest absolute Gasteiger partial charge is 0.308 e. The summed E-state index contributed by atoms with van der Waals surface area (Å²) in [5, 5.41) is 13.0. The summed E-state index contributed by atoms with van der Waals surface area (Å²) < 4.78 is 10.4. The second kappa shape index (κ2) is 7.81. The Morgan fingerprint density at radius 1 is 1.25 bits per heavy atom. The van der Waals surface area contributed by atoms with Gasteiger partial charge in [0, 0.05) is 38.4 Å². The van der Waals surface area contributed by atoms with Gasteiger partial charge in [0.15, 0.2) is 0 Å². The van der Waals surface area contributed by atoms with Gasteiger partial charge in [0.05, 0.1) is 12.8 Å². The third-order valence-electron chi connectivity index (χ3n) is 4.15. The first-order chi connectivity index (χ1) is 11.5. The number of likely N-dealkylation sites (tertiary alicyclic amines) is 1. The van der Waals surface area contributed by atoms with Crippen LogP contribution in [0.25, 0.3) is 0 Å². The van der Waals surface area contributed by atoms with Crippen molar-refractivity contribution in [2.75, 3.05) is 20.2 Å². The van der Waals surface area contributed by atoms with Gasteiger partial charge in [-0.05, 0) is 31.0 Å². The maximum atomic E-state index is 11.4. The van der Waals surface area contributed by atoms with E-state index in [4.69, 9.17) is 9.47 Å². The highest BCUT2D eigenvalue weighted by Crippen LogP contribution is 2.30. The van der Waals surface area contributed by atoms with Gasteiger partial charge in [-0.25, -0.2) is 0 Å². The van der Waals surface area contributed by atoms with Crippen LogP contribution in [-0.2, 0) is 9.59 Å². The number of benzene rings is 1. The third kappa shape index (κ3) is 4.04. The van der Waals surface area contributed by atoms with E-state index in [1.807, 2.05) is 0 Å². The molecule has 24 heavy (non-hydrogen) atoms. The molecular weight excluding hydrogens is 312 g/mol. The molecule has 0 atom stereocenters. The van der Waals surface area contributed by atoms with Gasteiger partial charge in [-0.15, -0.1) is 0 Å². The highest BCUT2D eigenvalue weighted by atomic mass is 16.5. The third-order valence-corrected chi connectivity index (χ3v) is 4.15. The van der Waals surface area contributed by atoms with E-state index < -0.39 is 5.97 Å². The quantitative estimate of drug-likeness (QED) is 0.299. The minimum atomic E-state index is -0.454. The lowest BCUT2D eigenvalue weighted by Gasteiger charge is -2.31. The van der Waals surface area contributed by atoms with E-state index in [1.54, 1.807) is 30.0 Å². The lowest BCUT2D eigenvalue weighted by Crippen LogP contribution is -2.39. The molecule has 1 N–H and O–H groups in total. The lowest BCUT2D eigenvalue weighted by molar-refractivity contribution is -0.132. The van der Waals surface area contributed by atoms with Crippen molar-refractivity contribution in [1.82, 2.24) is 4.90 Å². The van der Waals surface area contributed by atoms with E-state index in [0.717, 1.165) is 0 Å². The van der Waals surface area contributed by atoms with Crippen LogP contribution in [-0.4, -0.2) is 47.9 Å². The number of rotatable bonds is 4. The minimum Gasteiger partial charge on any atom is -0.497 e. The largest absolute Gasteiger partial charge is 0.497 e. The first-order valence-corrected chi connectivity index (χ1v) is 7.80. The monoisotopic (exact) mass is 334 g/mol. The molecule has 0 saturated carbocycles. The standard InChI is InChI=1S/C17H22N2O5/c1-11(20)19-8-6-13(7-9-19)17(18-22)15-10-14(23-3)4-5-16(15)24-12(2)21/h4-5,10,13,22H,6-9H2,1-3H3/b18-17+. The molecule has 1 amide bonds. The molecule has 1 saturated heterocycles. The Morgan fingerprint density at radius 3 is 2.42 bits per heavy atom. The Morgan fingerprint density at radius 2 is 1.92 bits per heavy atom. The molecule has 0 unspecified atom stereocenters. The van der Waals surface area contributed by atoms with Crippen LogP contribution in [0, 0.1) is 5.92 Å². The molecule has 0 aliphatic carbocycles. The number of hydrogen-bond donors (Lipinski definition) is 1. The van der Waals surface area contributed by atoms with E-state index in [-0.39, 0.29) is 11.8 Å². The van der Waals surface area contributed by atoms with Crippen molar-refractivity contribution in [3.8, 4) is 11.5 Å². The van der Waals surface area contributed by atoms with Gasteiger partial charge in [-0.2, -0.15) is 0 Å². The molecule has 2 rings (SSSR count). The van der Waals surface area contributed by atoms with Crippen molar-refractivity contribution < 1.29 is 24.3 Å². The highest BCUT2D eigenvalue weighted by molar-refractivity contribution is 6.05. The van der Waals surface area contributed by atoms with E-state index in [2.05, 4.69) is 5.16 Å². The van der Waals surface area contributed by atoms with Gasteiger partial charge in [0.1, 0.15) is 11.5 Å². The number of nitrogens with zero attached hydrogens (tertiary/aromatic N) is 2. The van der Waals surface area contributed by atoms with Crippen LogP contribution in [0.5, 0.6) is 11.5 Å². The van der Waals surface area contributed by atoms with Gasteiger partial charge in [0.2, 0.25) is 5.91 Å². The van der Waals surface area contributed by atoms with E-state index in [1.165, 1.54) is 14.0 Å². The molecule has 1 heterocycles. The van der Waals surface area contributed by atoms with Gasteiger partial charge in [-0.1, -0.05) is 5.16 Å². The van der Waals surface area contributed by atoms with Crippen LogP contribution in [0.2, 0.25) is 0 Å². The summed E-state index contributed by atoms with van der Waals surface area (Å²) in [5.74, 6) is 0.448. The van der Waals surface area contributed by atoms with Crippen molar-refractivity contribution in [2.24, 2.45) is 11.1 Å². The number of esters is 1. The van der Waals surface area contributed by atoms with Crippen LogP contribution in [0.1, 0.15) is 32.3 Å². The molecule has 1 aliphatic rings. The van der Waals surface area contributed by atoms with Crippen LogP contribution in [0.3, 0.4) is 0 Å². The molecule has 7 nitrogen and oxygen atoms in total. The number of oxime groups is 1. The molecule has 130 valence electrons. The van der Waals surface area contributed by atoms with Gasteiger partial charge >= 0.3 is 5.97 Å². The molecular formula is C17H22N2O5. The fourth-order valence-corrected chi connectivity index (χ4v) is 2.90. The Labute approximate surface area is 140 Å². The second-order valence-electron chi connectivity index (χ2n) is 5.72. The maximum absolute atomic E-state index is 11.4. The summed E-state index contributed by atoms with van der Waals surface area (Å²) in [6.07, 6.45) is 1.35. The van der Waals surface area contributed by atoms with Crippen molar-refractivity contribution in [2.45, 2.75) is 26.7 Å². The number of hydrogen-bond acceptors (Lipinski definition) is 6. The van der Waals surface area contributed by atoms with Crippen molar-refractivity contribution in [3.05, 3.63) is 23.8 Å². The molecule has 1 fully saturated rings. The summed E-state index contributed by atoms with van der Waals surface area (Å²) in [5.41, 5.74) is 0.960. The predicted octanol–water partition coefficient (Wildman–Crippen LogP) is 2.06. The fraction of sp³-hybridized carbons (Fsp3) is 0.471. The van der Waals surface area contributed by atoms with Crippen molar-refractivity contribution in [1.29, 1.82) is 0 Å². The Balaban J connectivity index is 2.30. The summed E-state index contributed by atoms with van der Waals surface area (Å²) in [6, 6.07) is 4.98. The average Bonchev–Trinajstić information content (AvgIpc) is 2.57. The van der Waals surface area contributed by atoms with Gasteiger partial charge in [0.25, 0.3) is 0 Å². The number of piperidine rings is 1. The highest BCUT2D eigenvalue weighted by Gasteiger charge is 2.28. The number of carbonyl (C=O) groups excluding carboxylic acids is 2. The number of methoxy groups -OCH3 is 1. The molecule has 1 aromatic carbocycles. The SMILES string of the molecule is COc1ccc(OC(C)=O)c(/C(=N/O)C2CCN(C(C)=O)CC2)c1. The zero-order valence-corrected chi connectivity index (χ0v) is 14.1. The molecule has 1 aliphatic heterocycles. The summed E-state index contributed by atoms with van der Waals surface area (Å²) in [6.45, 7) is 4.06. The Kier molecular flexibility index (Phi) is 5.78. The van der Waals surface area contributed by atoms with Crippen molar-refractivity contribution in [3.63, 3.8) is 0 Å². The zero-order chi connectivity index (χ0) is 17.7. The average molecular weight is 334 g/mol. The maximum Gasteiger partial charge on any atom is 0.308 e. The first kappa shape index (κ1) is 17.8. The van der Waals surface area contributed by atoms with Crippen LogP contribution in [0.15, 0.2) is 23.4 Å². The normalized spacial score (nSPS) is 16.0. The van der Waals surface area contributed by atoms with E-state index >= 15 is 0 Å². The van der Waals surface area contributed by atoms with Crippen LogP contribution in [0.4, 0.5) is 0 Å². The zero-order valence-electron chi connectivity index (χ0n) is 14.1. The molecule has 0 aromatic heterocycles. The molecule has 0 spiro atoms. The van der Waals surface area contributed by atoms with E-state index in [9.17, 15) is 14.8 Å². The molecule has 0 bridgehead atoms. The van der Waals surface area contributed by atoms with Gasteiger partial charge in [-0.3, -0.25) is 9.59 Å². The minimum absolute atomic E-state index is 0.0352. The second-order valence-corrected chi connectivity index (χ2v) is 5.72. The molecule has 1 aromatic rings. The topological polar surface area (TPSA) is 88.4 Å². The Hall–Kier alpha value is -2.57. The first-order valence-electron chi connectivity index (χ1n) is 7.80. The molecule has 0 radical (unpaired) electrons.